The highest BCUT2D eigenvalue weighted by Crippen LogP contribution is 2.55. The maximum absolute atomic E-state index is 5.92. The van der Waals surface area contributed by atoms with Crippen LogP contribution in [0, 0.1) is 9.81 Å². The molecule has 2 nitrogen and oxygen atoms in total. The van der Waals surface area contributed by atoms with Crippen molar-refractivity contribution in [2.24, 2.45) is 0 Å². The zero-order valence-corrected chi connectivity index (χ0v) is 15.7. The van der Waals surface area contributed by atoms with E-state index in [1.54, 1.807) is 34.0 Å². The largest absolute Gasteiger partial charge is 0.485 e. The van der Waals surface area contributed by atoms with E-state index in [1.807, 2.05) is 0 Å². The highest BCUT2D eigenvalue weighted by atomic mass is 127. The molecule has 0 saturated carbocycles. The maximum Gasteiger partial charge on any atom is 0.181 e. The lowest BCUT2D eigenvalue weighted by molar-refractivity contribution is 0.175. The van der Waals surface area contributed by atoms with E-state index >= 15 is 0 Å². The lowest BCUT2D eigenvalue weighted by Gasteiger charge is -2.16. The number of halogens is 1. The van der Waals surface area contributed by atoms with Crippen LogP contribution < -0.4 is 9.47 Å². The molecule has 0 radical (unpaired) electrons. The van der Waals surface area contributed by atoms with E-state index in [2.05, 4.69) is 53.8 Å². The van der Waals surface area contributed by atoms with Gasteiger partial charge in [0.25, 0.3) is 0 Å². The molecule has 1 aliphatic rings. The van der Waals surface area contributed by atoms with Gasteiger partial charge in [0, 0.05) is 14.6 Å². The van der Waals surface area contributed by atoms with Crippen LogP contribution in [-0.4, -0.2) is 13.2 Å². The molecular weight excluding hydrogens is 435 g/mol. The van der Waals surface area contributed by atoms with Gasteiger partial charge >= 0.3 is 0 Å². The van der Waals surface area contributed by atoms with Crippen molar-refractivity contribution in [1.29, 1.82) is 0 Å². The van der Waals surface area contributed by atoms with E-state index in [1.165, 1.54) is 27.3 Å². The van der Waals surface area contributed by atoms with Crippen molar-refractivity contribution < 1.29 is 9.47 Å². The Kier molecular flexibility index (Phi) is 3.72. The number of fused-ring (bicyclic) bond motifs is 1. The zero-order valence-electron chi connectivity index (χ0n) is 11.1. The summed E-state index contributed by atoms with van der Waals surface area (Å²) in [5.41, 5.74) is 0. The van der Waals surface area contributed by atoms with Crippen LogP contribution in [-0.2, 0) is 0 Å². The number of ether oxygens (including phenoxy) is 2. The molecule has 0 amide bonds. The highest BCUT2D eigenvalue weighted by molar-refractivity contribution is 14.1. The molecule has 21 heavy (non-hydrogen) atoms. The van der Waals surface area contributed by atoms with Crippen LogP contribution in [0.1, 0.15) is 4.88 Å². The van der Waals surface area contributed by atoms with Crippen LogP contribution in [0.25, 0.3) is 19.5 Å². The molecule has 0 bridgehead atoms. The Morgan fingerprint density at radius 2 is 1.48 bits per heavy atom. The normalized spacial score (nSPS) is 13.6. The van der Waals surface area contributed by atoms with Crippen LogP contribution in [0.5, 0.6) is 11.5 Å². The molecule has 3 aromatic heterocycles. The molecule has 1 aliphatic heterocycles. The summed E-state index contributed by atoms with van der Waals surface area (Å²) < 4.78 is 13.1. The summed E-state index contributed by atoms with van der Waals surface area (Å²) in [7, 11) is 0. The lowest BCUT2D eigenvalue weighted by atomic mass is 10.3. The number of rotatable bonds is 2. The Balaban J connectivity index is 1.90. The first-order chi connectivity index (χ1) is 10.2. The molecule has 0 N–H and O–H groups in total. The minimum atomic E-state index is 0.627. The van der Waals surface area contributed by atoms with Gasteiger partial charge in [-0.1, -0.05) is 0 Å². The standard InChI is InChI=1S/C15H11IO2S3/c1-8-2-3-9(19-8)14-12-13(18-7-6-17-12)15(21-14)10-4-5-11(16)20-10/h2-5H,6-7H2,1H3. The molecule has 0 unspecified atom stereocenters. The van der Waals surface area contributed by atoms with E-state index in [0.717, 1.165) is 11.5 Å². The molecular formula is C15H11IO2S3. The average Bonchev–Trinajstić information content (AvgIpc) is 3.17. The second-order valence-corrected chi connectivity index (χ2v) is 9.92. The van der Waals surface area contributed by atoms with Gasteiger partial charge in [0.1, 0.15) is 13.2 Å². The van der Waals surface area contributed by atoms with E-state index in [-0.39, 0.29) is 0 Å². The SMILES string of the molecule is Cc1ccc(-c2sc(-c3ccc(I)s3)c3c2OCCO3)s1. The van der Waals surface area contributed by atoms with Crippen molar-refractivity contribution in [3.8, 4) is 31.0 Å². The maximum atomic E-state index is 5.92. The molecule has 3 aromatic rings. The smallest absolute Gasteiger partial charge is 0.181 e. The van der Waals surface area contributed by atoms with Gasteiger partial charge in [-0.25, -0.2) is 0 Å². The predicted octanol–water partition coefficient (Wildman–Crippen LogP) is 5.89. The summed E-state index contributed by atoms with van der Waals surface area (Å²) >= 11 is 7.73. The first kappa shape index (κ1) is 14.0. The van der Waals surface area contributed by atoms with Gasteiger partial charge in [-0.05, 0) is 53.8 Å². The van der Waals surface area contributed by atoms with Gasteiger partial charge in [0.2, 0.25) is 0 Å². The Labute approximate surface area is 148 Å². The van der Waals surface area contributed by atoms with Crippen LogP contribution in [0.15, 0.2) is 24.3 Å². The van der Waals surface area contributed by atoms with Crippen LogP contribution in [0.3, 0.4) is 0 Å². The van der Waals surface area contributed by atoms with Crippen molar-refractivity contribution in [3.05, 3.63) is 32.0 Å². The second-order valence-electron chi connectivity index (χ2n) is 4.63. The predicted molar refractivity (Wildman–Crippen MR) is 99.4 cm³/mol. The van der Waals surface area contributed by atoms with Crippen LogP contribution >= 0.6 is 56.6 Å². The Bertz CT molecular complexity index is 735. The Morgan fingerprint density at radius 1 is 0.857 bits per heavy atom. The van der Waals surface area contributed by atoms with E-state index in [9.17, 15) is 0 Å². The third-order valence-corrected chi connectivity index (χ3v) is 7.57. The number of hydrogen-bond acceptors (Lipinski definition) is 5. The summed E-state index contributed by atoms with van der Waals surface area (Å²) in [4.78, 5) is 6.22. The van der Waals surface area contributed by atoms with Crippen molar-refractivity contribution in [1.82, 2.24) is 0 Å². The minimum absolute atomic E-state index is 0.627. The van der Waals surface area contributed by atoms with Crippen molar-refractivity contribution in [2.45, 2.75) is 6.92 Å². The molecule has 4 heterocycles. The number of aryl methyl sites for hydroxylation is 1. The third-order valence-electron chi connectivity index (χ3n) is 3.16. The lowest BCUT2D eigenvalue weighted by Crippen LogP contribution is -2.14. The monoisotopic (exact) mass is 446 g/mol. The first-order valence-corrected chi connectivity index (χ1v) is 10.00. The Hall–Kier alpha value is -0.570. The first-order valence-electron chi connectivity index (χ1n) is 6.47. The zero-order chi connectivity index (χ0) is 14.4. The fourth-order valence-corrected chi connectivity index (χ4v) is 6.16. The fraction of sp³-hybridized carbons (Fsp3) is 0.200. The van der Waals surface area contributed by atoms with Gasteiger partial charge < -0.3 is 9.47 Å². The molecule has 4 rings (SSSR count). The molecule has 6 heteroatoms. The summed E-state index contributed by atoms with van der Waals surface area (Å²) in [5.74, 6) is 1.84. The van der Waals surface area contributed by atoms with Crippen molar-refractivity contribution in [2.75, 3.05) is 13.2 Å². The summed E-state index contributed by atoms with van der Waals surface area (Å²) in [6.07, 6.45) is 0. The van der Waals surface area contributed by atoms with Gasteiger partial charge in [-0.2, -0.15) is 0 Å². The molecule has 0 saturated heterocycles. The average molecular weight is 446 g/mol. The summed E-state index contributed by atoms with van der Waals surface area (Å²) in [6, 6.07) is 8.64. The van der Waals surface area contributed by atoms with Crippen LogP contribution in [0.2, 0.25) is 0 Å². The molecule has 0 aromatic carbocycles. The summed E-state index contributed by atoms with van der Waals surface area (Å²) in [6.45, 7) is 3.39. The quantitative estimate of drug-likeness (QED) is 0.457. The van der Waals surface area contributed by atoms with Crippen molar-refractivity contribution >= 4 is 56.6 Å². The van der Waals surface area contributed by atoms with E-state index < -0.39 is 0 Å². The van der Waals surface area contributed by atoms with Crippen molar-refractivity contribution in [3.63, 3.8) is 0 Å². The second kappa shape index (κ2) is 5.57. The molecule has 0 atom stereocenters. The van der Waals surface area contributed by atoms with E-state index in [4.69, 9.17) is 9.47 Å². The third kappa shape index (κ3) is 2.52. The Morgan fingerprint density at radius 3 is 2.00 bits per heavy atom. The van der Waals surface area contributed by atoms with Gasteiger partial charge in [0.05, 0.1) is 12.6 Å². The topological polar surface area (TPSA) is 18.5 Å². The number of thiophene rings is 3. The fourth-order valence-electron chi connectivity index (χ4n) is 2.27. The number of hydrogen-bond donors (Lipinski definition) is 0. The van der Waals surface area contributed by atoms with Gasteiger partial charge in [0.15, 0.2) is 11.5 Å². The molecule has 0 aliphatic carbocycles. The molecule has 0 fully saturated rings. The minimum Gasteiger partial charge on any atom is -0.485 e. The highest BCUT2D eigenvalue weighted by Gasteiger charge is 2.27. The molecule has 108 valence electrons. The summed E-state index contributed by atoms with van der Waals surface area (Å²) in [5, 5.41) is 0. The van der Waals surface area contributed by atoms with Gasteiger partial charge in [-0.15, -0.1) is 34.0 Å². The molecule has 0 spiro atoms. The van der Waals surface area contributed by atoms with Crippen LogP contribution in [0.4, 0.5) is 0 Å². The van der Waals surface area contributed by atoms with E-state index in [0.29, 0.717) is 13.2 Å². The van der Waals surface area contributed by atoms with Gasteiger partial charge in [-0.3, -0.25) is 0 Å².